The van der Waals surface area contributed by atoms with Crippen LogP contribution in [-0.2, 0) is 22.7 Å². The molecule has 0 N–H and O–H groups in total. The molecule has 0 radical (unpaired) electrons. The molecule has 0 atom stereocenters. The molecule has 10 heteroatoms. The van der Waals surface area contributed by atoms with E-state index in [2.05, 4.69) is 60.9 Å². The topological polar surface area (TPSA) is 49.4 Å². The maximum absolute atomic E-state index is 4.51. The van der Waals surface area contributed by atoms with Gasteiger partial charge in [0.2, 0.25) is 0 Å². The Morgan fingerprint density at radius 1 is 0.727 bits per heavy atom. The fraction of sp³-hybridized carbons (Fsp3) is 0.500. The van der Waals surface area contributed by atoms with Crippen molar-refractivity contribution in [2.45, 2.75) is 49.1 Å². The van der Waals surface area contributed by atoms with Crippen molar-refractivity contribution in [3.05, 3.63) is 24.3 Å². The molecule has 0 saturated carbocycles. The average molecular weight is 407 g/mol. The minimum atomic E-state index is -1.39. The largest absolute Gasteiger partial charge is 0.255 e. The summed E-state index contributed by atoms with van der Waals surface area (Å²) in [7, 11) is -2.78. The molecule has 0 unspecified atom stereocenters. The highest BCUT2D eigenvalue weighted by Gasteiger charge is 2.10. The molecule has 122 valence electrons. The number of benzene rings is 1. The van der Waals surface area contributed by atoms with E-state index in [4.69, 9.17) is 0 Å². The molecule has 0 saturated heterocycles. The molecule has 0 aliphatic rings. The van der Waals surface area contributed by atoms with Gasteiger partial charge in [0.25, 0.3) is 0 Å². The Hall–Kier alpha value is -0.00623. The molecular weight excluding hydrogens is 385 g/mol. The van der Waals surface area contributed by atoms with Gasteiger partial charge < -0.3 is 0 Å². The van der Waals surface area contributed by atoms with Crippen LogP contribution in [0.25, 0.3) is 0 Å². The number of hydrogen-bond acceptors (Lipinski definition) is 6. The summed E-state index contributed by atoms with van der Waals surface area (Å²) < 4.78 is 17.7. The Balaban J connectivity index is 2.67. The van der Waals surface area contributed by atoms with Crippen molar-refractivity contribution in [2.75, 3.05) is 0 Å². The maximum Gasteiger partial charge on any atom is 0.190 e. The third kappa shape index (κ3) is 10.7. The van der Waals surface area contributed by atoms with E-state index in [1.807, 2.05) is 18.2 Å². The SMILES string of the molecule is C[Si](C)(C)N=S=NSc1cccc(SN=S=N[Si](C)(C)C)c1. The zero-order valence-corrected chi connectivity index (χ0v) is 19.0. The van der Waals surface area contributed by atoms with Gasteiger partial charge in [-0.3, -0.25) is 8.06 Å². The van der Waals surface area contributed by atoms with Crippen molar-refractivity contribution < 1.29 is 0 Å². The van der Waals surface area contributed by atoms with Crippen LogP contribution in [0.3, 0.4) is 0 Å². The lowest BCUT2D eigenvalue weighted by Gasteiger charge is -2.02. The smallest absolute Gasteiger partial charge is 0.190 e. The van der Waals surface area contributed by atoms with Crippen molar-refractivity contribution in [1.29, 1.82) is 0 Å². The van der Waals surface area contributed by atoms with Gasteiger partial charge in [-0.1, -0.05) is 6.07 Å². The third-order valence-corrected chi connectivity index (χ3v) is 8.88. The van der Waals surface area contributed by atoms with Crippen LogP contribution < -0.4 is 0 Å². The highest BCUT2D eigenvalue weighted by molar-refractivity contribution is 8.01. The summed E-state index contributed by atoms with van der Waals surface area (Å²) in [6.45, 7) is 13.2. The van der Waals surface area contributed by atoms with Gasteiger partial charge in [-0.25, -0.2) is 0 Å². The summed E-state index contributed by atoms with van der Waals surface area (Å²) >= 11 is 5.54. The van der Waals surface area contributed by atoms with Crippen molar-refractivity contribution in [1.82, 2.24) is 0 Å². The van der Waals surface area contributed by atoms with Crippen LogP contribution in [0.4, 0.5) is 0 Å². The maximum atomic E-state index is 4.51. The highest BCUT2D eigenvalue weighted by Crippen LogP contribution is 2.26. The molecule has 1 rings (SSSR count). The van der Waals surface area contributed by atoms with Gasteiger partial charge in [0, 0.05) is 33.7 Å². The Labute approximate surface area is 151 Å². The molecule has 4 nitrogen and oxygen atoms in total. The monoisotopic (exact) mass is 406 g/mol. The molecule has 0 aromatic heterocycles. The Morgan fingerprint density at radius 3 is 1.50 bits per heavy atom. The fourth-order valence-electron chi connectivity index (χ4n) is 0.985. The first kappa shape index (κ1) is 20.0. The summed E-state index contributed by atoms with van der Waals surface area (Å²) in [5.74, 6) is 0. The van der Waals surface area contributed by atoms with Crippen LogP contribution in [0.1, 0.15) is 0 Å². The summed E-state index contributed by atoms with van der Waals surface area (Å²) in [6.07, 6.45) is 0. The molecular formula is C12H22N4S4Si2. The Bertz CT molecular complexity index is 573. The molecule has 0 aliphatic carbocycles. The Kier molecular flexibility index (Phi) is 8.50. The zero-order chi connectivity index (χ0) is 16.6. The minimum absolute atomic E-state index is 1.10. The van der Waals surface area contributed by atoms with Crippen LogP contribution in [0.15, 0.2) is 49.6 Å². The molecule has 1 aromatic carbocycles. The summed E-state index contributed by atoms with van der Waals surface area (Å²) in [4.78, 5) is 2.20. The summed E-state index contributed by atoms with van der Waals surface area (Å²) in [6, 6.07) is 8.21. The van der Waals surface area contributed by atoms with Crippen LogP contribution >= 0.6 is 23.9 Å². The lowest BCUT2D eigenvalue weighted by molar-refractivity contribution is 1.33. The molecule has 0 fully saturated rings. The second-order valence-electron chi connectivity index (χ2n) is 6.49. The van der Waals surface area contributed by atoms with Crippen molar-refractivity contribution >= 4 is 63.1 Å². The van der Waals surface area contributed by atoms with E-state index in [9.17, 15) is 0 Å². The number of nitrogens with zero attached hydrogens (tertiary/aromatic N) is 4. The molecule has 0 spiro atoms. The first-order valence-electron chi connectivity index (χ1n) is 6.77. The normalized spacial score (nSPS) is 11.5. The molecule has 0 bridgehead atoms. The van der Waals surface area contributed by atoms with Gasteiger partial charge in [0.15, 0.2) is 16.5 Å². The molecule has 0 aliphatic heterocycles. The fourth-order valence-corrected chi connectivity index (χ4v) is 5.48. The van der Waals surface area contributed by atoms with Crippen LogP contribution in [-0.4, -0.2) is 16.5 Å². The summed E-state index contributed by atoms with van der Waals surface area (Å²) in [5, 5.41) is 0. The van der Waals surface area contributed by atoms with Gasteiger partial charge in [0.1, 0.15) is 0 Å². The highest BCUT2D eigenvalue weighted by atomic mass is 32.2. The van der Waals surface area contributed by atoms with E-state index in [0.29, 0.717) is 0 Å². The van der Waals surface area contributed by atoms with Crippen molar-refractivity contribution in [2.24, 2.45) is 15.6 Å². The lowest BCUT2D eigenvalue weighted by atomic mass is 10.4. The average Bonchev–Trinajstić information content (AvgIpc) is 2.38. The first-order chi connectivity index (χ1) is 10.2. The lowest BCUT2D eigenvalue weighted by Crippen LogP contribution is -2.14. The van der Waals surface area contributed by atoms with Crippen LogP contribution in [0, 0.1) is 0 Å². The second kappa shape index (κ2) is 9.33. The number of rotatable bonds is 6. The first-order valence-corrected chi connectivity index (χ1v) is 16.7. The minimum Gasteiger partial charge on any atom is -0.255 e. The Morgan fingerprint density at radius 2 is 1.14 bits per heavy atom. The van der Waals surface area contributed by atoms with Crippen molar-refractivity contribution in [3.8, 4) is 0 Å². The second-order valence-corrected chi connectivity index (χ2v) is 19.5. The van der Waals surface area contributed by atoms with E-state index in [1.165, 1.54) is 46.6 Å². The molecule has 1 aromatic rings. The number of hydrogen-bond donors (Lipinski definition) is 0. The third-order valence-electron chi connectivity index (χ3n) is 1.79. The van der Waals surface area contributed by atoms with E-state index in [-0.39, 0.29) is 0 Å². The molecule has 22 heavy (non-hydrogen) atoms. The van der Waals surface area contributed by atoms with Crippen LogP contribution in [0.2, 0.25) is 39.3 Å². The predicted molar refractivity (Wildman–Crippen MR) is 109 cm³/mol. The van der Waals surface area contributed by atoms with E-state index < -0.39 is 16.5 Å². The van der Waals surface area contributed by atoms with Gasteiger partial charge in [-0.15, -0.1) is 7.54 Å². The van der Waals surface area contributed by atoms with Crippen LogP contribution in [0.5, 0.6) is 0 Å². The van der Waals surface area contributed by atoms with Gasteiger partial charge in [0.05, 0.1) is 22.7 Å². The molecule has 0 heterocycles. The molecule has 0 amide bonds. The van der Waals surface area contributed by atoms with E-state index >= 15 is 0 Å². The van der Waals surface area contributed by atoms with E-state index in [1.54, 1.807) is 0 Å². The van der Waals surface area contributed by atoms with Crippen molar-refractivity contribution in [3.63, 3.8) is 0 Å². The van der Waals surface area contributed by atoms with Gasteiger partial charge in [-0.2, -0.15) is 0 Å². The summed E-state index contributed by atoms with van der Waals surface area (Å²) in [5.41, 5.74) is 0. The van der Waals surface area contributed by atoms with E-state index in [0.717, 1.165) is 9.79 Å². The standard InChI is InChI=1S/C12H22N4S4Si2/c1-21(2,3)15-19-13-17-11-8-7-9-12(10-11)18-14-20-16-22(4,5)6/h7-10H,1-6H3. The van der Waals surface area contributed by atoms with Gasteiger partial charge in [-0.05, 0) is 57.5 Å². The predicted octanol–water partition coefficient (Wildman–Crippen LogP) is 6.27. The zero-order valence-electron chi connectivity index (χ0n) is 13.7. The van der Waals surface area contributed by atoms with Gasteiger partial charge >= 0.3 is 0 Å². The quantitative estimate of drug-likeness (QED) is 0.413.